The van der Waals surface area contributed by atoms with Crippen LogP contribution in [0.25, 0.3) is 5.69 Å². The van der Waals surface area contributed by atoms with Crippen LogP contribution in [0.15, 0.2) is 58.5 Å². The smallest absolute Gasteiger partial charge is 0.271 e. The van der Waals surface area contributed by atoms with Crippen molar-refractivity contribution in [3.05, 3.63) is 76.0 Å². The molecule has 2 aromatic carbocycles. The Morgan fingerprint density at radius 1 is 1.15 bits per heavy atom. The van der Waals surface area contributed by atoms with E-state index in [0.29, 0.717) is 23.8 Å². The van der Waals surface area contributed by atoms with Crippen LogP contribution in [-0.2, 0) is 10.8 Å². The van der Waals surface area contributed by atoms with E-state index in [0.717, 1.165) is 41.1 Å². The standard InChI is InChI=1S/C26H30IN3O3S/c1-4-29(5-2)12-13-33-22-11-10-20(14-23(22)32-3)30-17-28-21-15-24(34-25(21)26(30)31)19-8-6-18(16-27)7-9-19/h6-11,14,17,24H,4-5,12-13,15-16H2,1-3H3. The molecule has 3 aromatic rings. The molecule has 0 aliphatic carbocycles. The molecule has 0 saturated heterocycles. The maximum absolute atomic E-state index is 13.4. The molecule has 0 saturated carbocycles. The number of benzene rings is 2. The van der Waals surface area contributed by atoms with Crippen molar-refractivity contribution < 1.29 is 9.47 Å². The van der Waals surface area contributed by atoms with Crippen LogP contribution in [0, 0.1) is 0 Å². The largest absolute Gasteiger partial charge is 0.493 e. The lowest BCUT2D eigenvalue weighted by Gasteiger charge is -2.19. The van der Waals surface area contributed by atoms with Gasteiger partial charge in [-0.05, 0) is 36.3 Å². The van der Waals surface area contributed by atoms with Crippen molar-refractivity contribution in [2.24, 2.45) is 0 Å². The number of thioether (sulfide) groups is 1. The summed E-state index contributed by atoms with van der Waals surface area (Å²) in [6.45, 7) is 7.70. The second-order valence-electron chi connectivity index (χ2n) is 8.09. The highest BCUT2D eigenvalue weighted by Gasteiger charge is 2.28. The SMILES string of the molecule is CCN(CC)CCOc1ccc(-n2cnc3c(c2=O)SC(c2ccc(CI)cc2)C3)cc1OC. The summed E-state index contributed by atoms with van der Waals surface area (Å²) in [6, 6.07) is 14.2. The minimum atomic E-state index is -0.0429. The molecule has 0 fully saturated rings. The first kappa shape index (κ1) is 25.1. The molecule has 0 N–H and O–H groups in total. The summed E-state index contributed by atoms with van der Waals surface area (Å²) in [4.78, 5) is 21.0. The van der Waals surface area contributed by atoms with E-state index in [4.69, 9.17) is 9.47 Å². The summed E-state index contributed by atoms with van der Waals surface area (Å²) in [7, 11) is 1.61. The monoisotopic (exact) mass is 591 g/mol. The summed E-state index contributed by atoms with van der Waals surface area (Å²) in [5, 5.41) is 0.213. The van der Waals surface area contributed by atoms with Gasteiger partial charge < -0.3 is 14.4 Å². The molecule has 0 radical (unpaired) electrons. The van der Waals surface area contributed by atoms with Crippen LogP contribution in [0.2, 0.25) is 0 Å². The molecule has 0 amide bonds. The highest BCUT2D eigenvalue weighted by Crippen LogP contribution is 2.44. The minimum Gasteiger partial charge on any atom is -0.493 e. The Hall–Kier alpha value is -2.04. The van der Waals surface area contributed by atoms with E-state index in [1.807, 2.05) is 18.2 Å². The number of fused-ring (bicyclic) bond motifs is 1. The highest BCUT2D eigenvalue weighted by molar-refractivity contribution is 14.1. The molecule has 0 bridgehead atoms. The summed E-state index contributed by atoms with van der Waals surface area (Å²) < 4.78 is 14.1. The van der Waals surface area contributed by atoms with E-state index >= 15 is 0 Å². The molecule has 8 heteroatoms. The van der Waals surface area contributed by atoms with Crippen LogP contribution < -0.4 is 15.0 Å². The maximum Gasteiger partial charge on any atom is 0.271 e. The van der Waals surface area contributed by atoms with Gasteiger partial charge >= 0.3 is 0 Å². The second-order valence-corrected chi connectivity index (χ2v) is 10.1. The lowest BCUT2D eigenvalue weighted by Crippen LogP contribution is -2.28. The molecule has 1 aliphatic rings. The van der Waals surface area contributed by atoms with Gasteiger partial charge in [0.1, 0.15) is 12.9 Å². The van der Waals surface area contributed by atoms with Gasteiger partial charge in [0.05, 0.1) is 23.4 Å². The third-order valence-electron chi connectivity index (χ3n) is 6.13. The van der Waals surface area contributed by atoms with Crippen LogP contribution in [0.3, 0.4) is 0 Å². The van der Waals surface area contributed by atoms with Crippen LogP contribution in [-0.4, -0.2) is 47.8 Å². The number of hydrogen-bond donors (Lipinski definition) is 0. The predicted molar refractivity (Wildman–Crippen MR) is 146 cm³/mol. The van der Waals surface area contributed by atoms with E-state index in [1.54, 1.807) is 29.8 Å². The molecule has 1 atom stereocenters. The van der Waals surface area contributed by atoms with E-state index < -0.39 is 0 Å². The zero-order chi connectivity index (χ0) is 24.1. The van der Waals surface area contributed by atoms with Crippen molar-refractivity contribution in [2.75, 3.05) is 33.4 Å². The molecule has 1 aromatic heterocycles. The van der Waals surface area contributed by atoms with E-state index in [1.165, 1.54) is 11.1 Å². The fourth-order valence-electron chi connectivity index (χ4n) is 4.04. The fraction of sp³-hybridized carbons (Fsp3) is 0.385. The molecule has 1 unspecified atom stereocenters. The topological polar surface area (TPSA) is 56.6 Å². The number of halogens is 1. The van der Waals surface area contributed by atoms with Crippen molar-refractivity contribution in [3.63, 3.8) is 0 Å². The number of aromatic nitrogens is 2. The third-order valence-corrected chi connectivity index (χ3v) is 8.38. The molecule has 0 spiro atoms. The first-order valence-electron chi connectivity index (χ1n) is 11.5. The zero-order valence-electron chi connectivity index (χ0n) is 19.8. The first-order chi connectivity index (χ1) is 16.6. The molecular weight excluding hydrogens is 561 g/mol. The van der Waals surface area contributed by atoms with Crippen LogP contribution in [0.5, 0.6) is 11.5 Å². The van der Waals surface area contributed by atoms with Gasteiger partial charge in [0.25, 0.3) is 5.56 Å². The van der Waals surface area contributed by atoms with Gasteiger partial charge in [-0.25, -0.2) is 4.98 Å². The summed E-state index contributed by atoms with van der Waals surface area (Å²) in [6.07, 6.45) is 2.39. The average Bonchev–Trinajstić information content (AvgIpc) is 3.32. The van der Waals surface area contributed by atoms with Gasteiger partial charge in [-0.3, -0.25) is 9.36 Å². The van der Waals surface area contributed by atoms with Crippen LogP contribution in [0.4, 0.5) is 0 Å². The first-order valence-corrected chi connectivity index (χ1v) is 13.9. The Bertz CT molecular complexity index is 1180. The summed E-state index contributed by atoms with van der Waals surface area (Å²) >= 11 is 3.98. The van der Waals surface area contributed by atoms with Gasteiger partial charge in [-0.1, -0.05) is 60.7 Å². The van der Waals surface area contributed by atoms with Gasteiger partial charge in [0, 0.05) is 28.7 Å². The van der Waals surface area contributed by atoms with Crippen molar-refractivity contribution in [1.82, 2.24) is 14.5 Å². The van der Waals surface area contributed by atoms with Gasteiger partial charge in [0.2, 0.25) is 0 Å². The lowest BCUT2D eigenvalue weighted by atomic mass is 10.1. The lowest BCUT2D eigenvalue weighted by molar-refractivity contribution is 0.217. The predicted octanol–water partition coefficient (Wildman–Crippen LogP) is 5.29. The van der Waals surface area contributed by atoms with Gasteiger partial charge in [-0.2, -0.15) is 0 Å². The van der Waals surface area contributed by atoms with Crippen molar-refractivity contribution in [3.8, 4) is 17.2 Å². The Morgan fingerprint density at radius 3 is 2.59 bits per heavy atom. The molecule has 34 heavy (non-hydrogen) atoms. The van der Waals surface area contributed by atoms with Crippen LogP contribution >= 0.6 is 34.4 Å². The van der Waals surface area contributed by atoms with Crippen molar-refractivity contribution in [1.29, 1.82) is 0 Å². The molecule has 1 aliphatic heterocycles. The van der Waals surface area contributed by atoms with E-state index in [-0.39, 0.29) is 10.8 Å². The number of ether oxygens (including phenoxy) is 2. The maximum atomic E-state index is 13.4. The molecular formula is C26H30IN3O3S. The number of alkyl halides is 1. The molecule has 4 rings (SSSR count). The Kier molecular flexibility index (Phi) is 8.55. The van der Waals surface area contributed by atoms with Gasteiger partial charge in [-0.15, -0.1) is 11.8 Å². The highest BCUT2D eigenvalue weighted by atomic mass is 127. The fourth-order valence-corrected chi connectivity index (χ4v) is 5.83. The Labute approximate surface area is 218 Å². The summed E-state index contributed by atoms with van der Waals surface area (Å²) in [5.41, 5.74) is 4.08. The van der Waals surface area contributed by atoms with E-state index in [9.17, 15) is 4.79 Å². The second kappa shape index (κ2) is 11.6. The zero-order valence-corrected chi connectivity index (χ0v) is 22.8. The number of nitrogens with zero attached hydrogens (tertiary/aromatic N) is 3. The molecule has 6 nitrogen and oxygen atoms in total. The average molecular weight is 592 g/mol. The normalized spacial score (nSPS) is 14.9. The summed E-state index contributed by atoms with van der Waals surface area (Å²) in [5.74, 6) is 1.27. The van der Waals surface area contributed by atoms with Crippen molar-refractivity contribution in [2.45, 2.75) is 34.8 Å². The third kappa shape index (κ3) is 5.44. The molecule has 2 heterocycles. The quantitative estimate of drug-likeness (QED) is 0.236. The number of hydrogen-bond acceptors (Lipinski definition) is 6. The Morgan fingerprint density at radius 2 is 1.91 bits per heavy atom. The van der Waals surface area contributed by atoms with E-state index in [2.05, 4.69) is 70.6 Å². The molecule has 180 valence electrons. The minimum absolute atomic E-state index is 0.0429. The van der Waals surface area contributed by atoms with Crippen molar-refractivity contribution >= 4 is 34.4 Å². The number of methoxy groups -OCH3 is 1. The number of rotatable bonds is 10. The Balaban J connectivity index is 1.53. The van der Waals surface area contributed by atoms with Crippen LogP contribution in [0.1, 0.15) is 35.9 Å². The number of likely N-dealkylation sites (N-methyl/N-ethyl adjacent to an activating group) is 1. The van der Waals surface area contributed by atoms with Gasteiger partial charge in [0.15, 0.2) is 11.5 Å².